The van der Waals surface area contributed by atoms with E-state index in [9.17, 15) is 4.79 Å². The van der Waals surface area contributed by atoms with E-state index in [1.165, 1.54) is 145 Å². The third-order valence-electron chi connectivity index (χ3n) is 9.41. The summed E-state index contributed by atoms with van der Waals surface area (Å²) in [6.07, 6.45) is 12.0. The van der Waals surface area contributed by atoms with Crippen LogP contribution in [0.4, 0.5) is 0 Å². The smallest absolute Gasteiger partial charge is 0.133 e. The van der Waals surface area contributed by atoms with Crippen LogP contribution in [0.25, 0.3) is 0 Å². The molecule has 5 fully saturated rings. The molecule has 0 radical (unpaired) electrons. The number of Topliss-reactive ketones (excluding diaryl/α,β-unsaturated/α-hetero) is 1. The van der Waals surface area contributed by atoms with Gasteiger partial charge in [0, 0.05) is 17.0 Å². The third kappa shape index (κ3) is 28.2. The predicted molar refractivity (Wildman–Crippen MR) is 263 cm³/mol. The number of rotatable bonds is 6. The standard InChI is InChI=1S/2C11H15S.C10H12O.C7H7Cl.2C4H8S.C3H6O.2ClH/c2*1-2-6-11(7-3-1)10-12-8-4-5-9-12;1-10(2)9(11-10)8-6-4-3-5-7-8;8-6-7-4-2-1-3-5-7;2*1-2-4-5-3-1;1-3(2)4;;/h2*1-3,6-7H,4-5,8-10H2;3-7,9H,1-2H3;1-5H,6H2;2*1-4H2;1-2H3;2*1H/q2*+1;;;;;;;/p-2. The van der Waals surface area contributed by atoms with Crippen LogP contribution >= 0.6 is 35.1 Å². The third-order valence-corrected chi connectivity index (χ3v) is 17.0. The van der Waals surface area contributed by atoms with Crippen LogP contribution in [0.2, 0.25) is 0 Å². The quantitative estimate of drug-likeness (QED) is 0.112. The summed E-state index contributed by atoms with van der Waals surface area (Å²) in [5.74, 6) is 15.0. The van der Waals surface area contributed by atoms with Crippen molar-refractivity contribution in [1.29, 1.82) is 0 Å². The first-order valence-electron chi connectivity index (χ1n) is 21.1. The molecule has 1 unspecified atom stereocenters. The highest BCUT2D eigenvalue weighted by Crippen LogP contribution is 2.48. The van der Waals surface area contributed by atoms with Gasteiger partial charge in [0.2, 0.25) is 0 Å². The summed E-state index contributed by atoms with van der Waals surface area (Å²) < 4.78 is 5.49. The van der Waals surface area contributed by atoms with Gasteiger partial charge in [-0.25, -0.2) is 0 Å². The zero-order valence-corrected chi connectivity index (χ0v) is 41.7. The first kappa shape index (κ1) is 55.8. The molecule has 4 aromatic carbocycles. The molecule has 5 saturated heterocycles. The largest absolute Gasteiger partial charge is 1.00 e. The molecule has 0 aliphatic carbocycles. The highest BCUT2D eigenvalue weighted by molar-refractivity contribution is 7.99. The van der Waals surface area contributed by atoms with E-state index in [4.69, 9.17) is 16.3 Å². The molecule has 59 heavy (non-hydrogen) atoms. The first-order chi connectivity index (χ1) is 27.8. The SMILES string of the molecule is C1CCSC1.C1CCSC1.CC(C)=O.CC1(C)OC1c1ccccc1.ClCc1ccccc1.[Cl-].[Cl-].c1ccc(C[S+]2CCCC2)cc1.c1ccc(C[S+]2CCCC2)cc1. The Labute approximate surface area is 391 Å². The molecule has 0 saturated carbocycles. The van der Waals surface area contributed by atoms with Crippen molar-refractivity contribution in [3.63, 3.8) is 0 Å². The van der Waals surface area contributed by atoms with Crippen LogP contribution in [-0.2, 0) is 48.7 Å². The Balaban J connectivity index is 0.000000354. The van der Waals surface area contributed by atoms with E-state index in [0.29, 0.717) is 12.0 Å². The number of hydrogen-bond donors (Lipinski definition) is 0. The lowest BCUT2D eigenvalue weighted by atomic mass is 10.0. The summed E-state index contributed by atoms with van der Waals surface area (Å²) in [6.45, 7) is 7.29. The summed E-state index contributed by atoms with van der Waals surface area (Å²) in [5.41, 5.74) is 5.60. The van der Waals surface area contributed by atoms with Crippen molar-refractivity contribution in [2.45, 2.75) is 108 Å². The average Bonchev–Trinajstić information content (AvgIpc) is 4.01. The fourth-order valence-corrected chi connectivity index (χ4v) is 13.3. The number of halogens is 3. The van der Waals surface area contributed by atoms with Crippen LogP contribution in [0, 0.1) is 0 Å². The molecule has 9 rings (SSSR count). The van der Waals surface area contributed by atoms with E-state index in [0.717, 1.165) is 21.8 Å². The number of epoxide rings is 1. The maximum atomic E-state index is 9.44. The van der Waals surface area contributed by atoms with E-state index in [-0.39, 0.29) is 36.2 Å². The lowest BCUT2D eigenvalue weighted by molar-refractivity contribution is -0.115. The van der Waals surface area contributed by atoms with Crippen LogP contribution in [0.1, 0.15) is 107 Å². The van der Waals surface area contributed by atoms with Gasteiger partial charge in [-0.1, -0.05) is 121 Å². The Kier molecular flexibility index (Phi) is 33.3. The molecule has 0 spiro atoms. The summed E-state index contributed by atoms with van der Waals surface area (Å²) in [4.78, 5) is 9.44. The van der Waals surface area contributed by atoms with E-state index >= 15 is 0 Å². The van der Waals surface area contributed by atoms with Gasteiger partial charge in [0.25, 0.3) is 0 Å². The van der Waals surface area contributed by atoms with Crippen LogP contribution in [0.5, 0.6) is 0 Å². The molecular formula is C50H71Cl3O2S4. The fourth-order valence-electron chi connectivity index (χ4n) is 6.29. The highest BCUT2D eigenvalue weighted by Gasteiger charge is 2.48. The minimum atomic E-state index is 0. The Bertz CT molecular complexity index is 1450. The Hall–Kier alpha value is -1.22. The summed E-state index contributed by atoms with van der Waals surface area (Å²) >= 11 is 9.68. The van der Waals surface area contributed by atoms with Gasteiger partial charge in [-0.2, -0.15) is 23.5 Å². The monoisotopic (exact) mass is 936 g/mol. The number of thioether (sulfide) groups is 2. The molecule has 0 amide bonds. The van der Waals surface area contributed by atoms with E-state index in [1.807, 2.05) is 48.5 Å². The van der Waals surface area contributed by atoms with Gasteiger partial charge in [-0.3, -0.25) is 0 Å². The maximum Gasteiger partial charge on any atom is 0.133 e. The van der Waals surface area contributed by atoms with Gasteiger partial charge >= 0.3 is 0 Å². The number of alkyl halides is 1. The van der Waals surface area contributed by atoms with Crippen LogP contribution < -0.4 is 24.8 Å². The van der Waals surface area contributed by atoms with Crippen molar-refractivity contribution in [3.05, 3.63) is 144 Å². The van der Waals surface area contributed by atoms with Crippen molar-refractivity contribution in [2.75, 3.05) is 46.0 Å². The number of ether oxygens (including phenoxy) is 1. The van der Waals surface area contributed by atoms with Crippen molar-refractivity contribution >= 4 is 62.7 Å². The van der Waals surface area contributed by atoms with E-state index < -0.39 is 0 Å². The van der Waals surface area contributed by atoms with Crippen molar-refractivity contribution in [3.8, 4) is 0 Å². The average molecular weight is 939 g/mol. The fraction of sp³-hybridized carbons (Fsp3) is 0.500. The normalized spacial score (nSPS) is 18.2. The van der Waals surface area contributed by atoms with Gasteiger partial charge in [0.05, 0.1) is 5.60 Å². The number of carbonyl (C=O) groups excluding carboxylic acids is 1. The Morgan fingerprint density at radius 3 is 1.08 bits per heavy atom. The number of carbonyl (C=O) groups is 1. The molecular weight excluding hydrogens is 867 g/mol. The van der Waals surface area contributed by atoms with Crippen molar-refractivity contribution in [1.82, 2.24) is 0 Å². The number of benzene rings is 4. The Morgan fingerprint density at radius 1 is 0.559 bits per heavy atom. The molecule has 2 nitrogen and oxygen atoms in total. The molecule has 9 heteroatoms. The van der Waals surface area contributed by atoms with Crippen LogP contribution in [-0.4, -0.2) is 57.4 Å². The lowest BCUT2D eigenvalue weighted by Gasteiger charge is -1.99. The van der Waals surface area contributed by atoms with Gasteiger partial charge in [-0.05, 0) is 135 Å². The second-order valence-electron chi connectivity index (χ2n) is 15.4. The predicted octanol–water partition coefficient (Wildman–Crippen LogP) is 7.79. The first-order valence-corrected chi connectivity index (χ1v) is 27.4. The minimum absolute atomic E-state index is 0. The topological polar surface area (TPSA) is 29.6 Å². The maximum absolute atomic E-state index is 9.44. The molecule has 1 atom stereocenters. The van der Waals surface area contributed by atoms with Gasteiger partial charge < -0.3 is 34.3 Å². The second kappa shape index (κ2) is 35.3. The molecule has 5 aliphatic rings. The van der Waals surface area contributed by atoms with Gasteiger partial charge in [-0.15, -0.1) is 11.6 Å². The van der Waals surface area contributed by atoms with Crippen molar-refractivity contribution in [2.24, 2.45) is 0 Å². The minimum Gasteiger partial charge on any atom is -1.00 e. The van der Waals surface area contributed by atoms with E-state index in [2.05, 4.69) is 110 Å². The van der Waals surface area contributed by atoms with Crippen LogP contribution in [0.3, 0.4) is 0 Å². The summed E-state index contributed by atoms with van der Waals surface area (Å²) in [5, 5.41) is 0. The zero-order valence-electron chi connectivity index (χ0n) is 36.1. The molecule has 328 valence electrons. The molecule has 0 aromatic heterocycles. The lowest BCUT2D eigenvalue weighted by Crippen LogP contribution is -3.00. The van der Waals surface area contributed by atoms with E-state index in [1.54, 1.807) is 0 Å². The summed E-state index contributed by atoms with van der Waals surface area (Å²) in [6, 6.07) is 42.1. The second-order valence-corrected chi connectivity index (χ2v) is 22.8. The zero-order chi connectivity index (χ0) is 40.8. The highest BCUT2D eigenvalue weighted by atomic mass is 35.5. The molecule has 5 heterocycles. The molecule has 0 bridgehead atoms. The number of hydrogen-bond acceptors (Lipinski definition) is 4. The van der Waals surface area contributed by atoms with Crippen molar-refractivity contribution < 1.29 is 34.3 Å². The van der Waals surface area contributed by atoms with Crippen LogP contribution in [0.15, 0.2) is 121 Å². The molecule has 0 N–H and O–H groups in total. The number of ketones is 1. The Morgan fingerprint density at radius 2 is 0.847 bits per heavy atom. The molecule has 5 aliphatic heterocycles. The van der Waals surface area contributed by atoms with Gasteiger partial charge in [0.1, 0.15) is 46.4 Å². The molecule has 4 aromatic rings. The summed E-state index contributed by atoms with van der Waals surface area (Å²) in [7, 11) is 1.44. The van der Waals surface area contributed by atoms with Gasteiger partial charge in [0.15, 0.2) is 0 Å².